The van der Waals surface area contributed by atoms with E-state index in [0.717, 1.165) is 6.92 Å². The molecule has 0 aliphatic rings. The van der Waals surface area contributed by atoms with Gasteiger partial charge in [-0.05, 0) is 6.42 Å². The van der Waals surface area contributed by atoms with E-state index in [9.17, 15) is 26.7 Å². The van der Waals surface area contributed by atoms with Crippen LogP contribution in [0.4, 0.5) is 22.0 Å². The van der Waals surface area contributed by atoms with Crippen LogP contribution < -0.4 is 0 Å². The van der Waals surface area contributed by atoms with Crippen molar-refractivity contribution < 1.29 is 31.9 Å². The summed E-state index contributed by atoms with van der Waals surface area (Å²) >= 11 is 0. The Bertz CT molecular complexity index is 269. The first-order valence-electron chi connectivity index (χ1n) is 3.92. The average Bonchev–Trinajstić information content (AvgIpc) is 2.02. The van der Waals surface area contributed by atoms with Crippen molar-refractivity contribution in [1.82, 2.24) is 0 Å². The molecule has 0 radical (unpaired) electrons. The monoisotopic (exact) mass is 232 g/mol. The number of carboxylic acids is 1. The molecule has 1 unspecified atom stereocenters. The van der Waals surface area contributed by atoms with Crippen LogP contribution in [0.3, 0.4) is 0 Å². The van der Waals surface area contributed by atoms with Gasteiger partial charge in [-0.1, -0.05) is 13.5 Å². The van der Waals surface area contributed by atoms with Gasteiger partial charge < -0.3 is 5.11 Å². The Kier molecular flexibility index (Phi) is 3.84. The second-order valence-corrected chi connectivity index (χ2v) is 2.91. The van der Waals surface area contributed by atoms with Crippen LogP contribution in [0.15, 0.2) is 12.2 Å². The summed E-state index contributed by atoms with van der Waals surface area (Å²) < 4.78 is 61.2. The maximum absolute atomic E-state index is 12.8. The summed E-state index contributed by atoms with van der Waals surface area (Å²) in [4.78, 5) is 10.3. The number of rotatable bonds is 4. The molecule has 0 rings (SSSR count). The van der Waals surface area contributed by atoms with Crippen molar-refractivity contribution in [2.75, 3.05) is 0 Å². The molecule has 0 amide bonds. The van der Waals surface area contributed by atoms with E-state index in [-0.39, 0.29) is 0 Å². The summed E-state index contributed by atoms with van der Waals surface area (Å²) in [6, 6.07) is 0. The summed E-state index contributed by atoms with van der Waals surface area (Å²) in [6.45, 7) is 3.77. The van der Waals surface area contributed by atoms with Crippen molar-refractivity contribution >= 4 is 5.97 Å². The first kappa shape index (κ1) is 13.9. The second kappa shape index (κ2) is 4.16. The molecular formula is C8H9F5O2. The van der Waals surface area contributed by atoms with Crippen LogP contribution in [-0.4, -0.2) is 23.2 Å². The summed E-state index contributed by atoms with van der Waals surface area (Å²) in [7, 11) is 0. The third-order valence-corrected chi connectivity index (χ3v) is 1.92. The van der Waals surface area contributed by atoms with E-state index in [1.54, 1.807) is 0 Å². The first-order chi connectivity index (χ1) is 6.55. The van der Waals surface area contributed by atoms with Crippen molar-refractivity contribution in [2.24, 2.45) is 5.92 Å². The normalized spacial score (nSPS) is 14.8. The van der Waals surface area contributed by atoms with E-state index in [4.69, 9.17) is 5.11 Å². The number of aliphatic carboxylic acids is 1. The first-order valence-corrected chi connectivity index (χ1v) is 3.92. The largest absolute Gasteiger partial charge is 0.478 e. The fraction of sp³-hybridized carbons (Fsp3) is 0.625. The number of hydrogen-bond acceptors (Lipinski definition) is 1. The zero-order chi connectivity index (χ0) is 12.4. The highest BCUT2D eigenvalue weighted by Gasteiger charge is 2.62. The maximum Gasteiger partial charge on any atom is 0.453 e. The predicted octanol–water partition coefficient (Wildman–Crippen LogP) is 2.85. The van der Waals surface area contributed by atoms with Gasteiger partial charge in [-0.15, -0.1) is 0 Å². The van der Waals surface area contributed by atoms with Gasteiger partial charge in [-0.3, -0.25) is 0 Å². The quantitative estimate of drug-likeness (QED) is 0.597. The summed E-state index contributed by atoms with van der Waals surface area (Å²) in [5.41, 5.74) is -1.14. The molecule has 1 atom stereocenters. The van der Waals surface area contributed by atoms with Crippen LogP contribution in [0.5, 0.6) is 0 Å². The molecular weight excluding hydrogens is 223 g/mol. The second-order valence-electron chi connectivity index (χ2n) is 2.91. The minimum atomic E-state index is -5.77. The smallest absolute Gasteiger partial charge is 0.453 e. The average molecular weight is 232 g/mol. The highest BCUT2D eigenvalue weighted by atomic mass is 19.4. The molecule has 0 heterocycles. The SMILES string of the molecule is C=C(C(=O)O)C(CC)C(F)(F)C(F)(F)F. The van der Waals surface area contributed by atoms with Crippen molar-refractivity contribution in [2.45, 2.75) is 25.4 Å². The zero-order valence-electron chi connectivity index (χ0n) is 7.74. The number of carboxylic acid groups (broad SMARTS) is 1. The summed E-state index contributed by atoms with van der Waals surface area (Å²) in [6.07, 6.45) is -6.43. The molecule has 0 bridgehead atoms. The summed E-state index contributed by atoms with van der Waals surface area (Å²) in [5.74, 6) is -9.36. The molecule has 88 valence electrons. The Labute approximate surface area is 82.4 Å². The lowest BCUT2D eigenvalue weighted by atomic mass is 9.90. The van der Waals surface area contributed by atoms with Crippen molar-refractivity contribution in [3.63, 3.8) is 0 Å². The molecule has 0 aliphatic heterocycles. The van der Waals surface area contributed by atoms with Crippen molar-refractivity contribution in [3.05, 3.63) is 12.2 Å². The van der Waals surface area contributed by atoms with Gasteiger partial charge in [0.2, 0.25) is 0 Å². The Morgan fingerprint density at radius 2 is 1.73 bits per heavy atom. The Hall–Kier alpha value is -1.14. The third kappa shape index (κ3) is 2.66. The molecule has 0 aliphatic carbocycles. The maximum atomic E-state index is 12.8. The minimum Gasteiger partial charge on any atom is -0.478 e. The predicted molar refractivity (Wildman–Crippen MR) is 41.6 cm³/mol. The molecule has 0 spiro atoms. The topological polar surface area (TPSA) is 37.3 Å². The summed E-state index contributed by atoms with van der Waals surface area (Å²) in [5, 5.41) is 8.31. The van der Waals surface area contributed by atoms with Crippen molar-refractivity contribution in [3.8, 4) is 0 Å². The Morgan fingerprint density at radius 1 is 1.33 bits per heavy atom. The van der Waals surface area contributed by atoms with Gasteiger partial charge in [-0.25, -0.2) is 4.79 Å². The van der Waals surface area contributed by atoms with Crippen LogP contribution in [0, 0.1) is 5.92 Å². The van der Waals surface area contributed by atoms with Crippen LogP contribution in [0.2, 0.25) is 0 Å². The minimum absolute atomic E-state index is 0.655. The molecule has 0 aromatic heterocycles. The zero-order valence-corrected chi connectivity index (χ0v) is 7.74. The molecule has 0 aromatic carbocycles. The van der Waals surface area contributed by atoms with Crippen LogP contribution >= 0.6 is 0 Å². The number of halogens is 5. The third-order valence-electron chi connectivity index (χ3n) is 1.92. The van der Waals surface area contributed by atoms with E-state index in [0.29, 0.717) is 0 Å². The number of carbonyl (C=O) groups is 1. The van der Waals surface area contributed by atoms with Crippen molar-refractivity contribution in [1.29, 1.82) is 0 Å². The molecule has 2 nitrogen and oxygen atoms in total. The van der Waals surface area contributed by atoms with Crippen LogP contribution in [0.25, 0.3) is 0 Å². The Morgan fingerprint density at radius 3 is 1.93 bits per heavy atom. The highest BCUT2D eigenvalue weighted by Crippen LogP contribution is 2.44. The van der Waals surface area contributed by atoms with Gasteiger partial charge in [0.15, 0.2) is 0 Å². The van der Waals surface area contributed by atoms with Crippen LogP contribution in [0.1, 0.15) is 13.3 Å². The van der Waals surface area contributed by atoms with E-state index in [1.807, 2.05) is 0 Å². The van der Waals surface area contributed by atoms with Crippen LogP contribution in [-0.2, 0) is 4.79 Å². The van der Waals surface area contributed by atoms with Gasteiger partial charge in [0.25, 0.3) is 0 Å². The molecule has 0 aromatic rings. The lowest BCUT2D eigenvalue weighted by molar-refractivity contribution is -0.298. The van der Waals surface area contributed by atoms with Gasteiger partial charge in [0, 0.05) is 5.57 Å². The van der Waals surface area contributed by atoms with E-state index in [1.165, 1.54) is 0 Å². The van der Waals surface area contributed by atoms with Gasteiger partial charge in [0.05, 0.1) is 5.92 Å². The molecule has 15 heavy (non-hydrogen) atoms. The number of hydrogen-bond donors (Lipinski definition) is 1. The highest BCUT2D eigenvalue weighted by molar-refractivity contribution is 5.86. The van der Waals surface area contributed by atoms with Gasteiger partial charge in [0.1, 0.15) is 0 Å². The fourth-order valence-electron chi connectivity index (χ4n) is 1.07. The van der Waals surface area contributed by atoms with E-state index >= 15 is 0 Å². The molecule has 0 saturated carbocycles. The molecule has 7 heteroatoms. The standard InChI is InChI=1S/C8H9F5O2/c1-3-5(4(2)6(14)15)7(9,10)8(11,12)13/h5H,2-3H2,1H3,(H,14,15). The Balaban J connectivity index is 5.14. The molecule has 0 fully saturated rings. The fourth-order valence-corrected chi connectivity index (χ4v) is 1.07. The van der Waals surface area contributed by atoms with Gasteiger partial charge >= 0.3 is 18.1 Å². The van der Waals surface area contributed by atoms with Gasteiger partial charge in [-0.2, -0.15) is 22.0 Å². The lowest BCUT2D eigenvalue weighted by Gasteiger charge is -2.27. The number of alkyl halides is 5. The molecule has 0 saturated heterocycles. The molecule has 1 N–H and O–H groups in total. The van der Waals surface area contributed by atoms with E-state index < -0.39 is 36.0 Å². The van der Waals surface area contributed by atoms with E-state index in [2.05, 4.69) is 6.58 Å². The lowest BCUT2D eigenvalue weighted by Crippen LogP contribution is -2.44.